The van der Waals surface area contributed by atoms with Crippen molar-refractivity contribution < 1.29 is 23.4 Å². The van der Waals surface area contributed by atoms with Crippen molar-refractivity contribution in [3.63, 3.8) is 0 Å². The van der Waals surface area contributed by atoms with Gasteiger partial charge >= 0.3 is 5.97 Å². The molecular weight excluding hydrogens is 511 g/mol. The van der Waals surface area contributed by atoms with Gasteiger partial charge in [0.05, 0.1) is 47.2 Å². The number of ether oxygens (including phenoxy) is 3. The van der Waals surface area contributed by atoms with Gasteiger partial charge in [0, 0.05) is 18.1 Å². The van der Waals surface area contributed by atoms with Gasteiger partial charge in [0.1, 0.15) is 18.2 Å². The summed E-state index contributed by atoms with van der Waals surface area (Å²) in [6.45, 7) is 1.53. The first-order valence-corrected chi connectivity index (χ1v) is 13.4. The Kier molecular flexibility index (Phi) is 7.20. The van der Waals surface area contributed by atoms with E-state index in [1.54, 1.807) is 30.6 Å². The molecule has 204 valence electrons. The molecular formula is C31H29FN4O4. The van der Waals surface area contributed by atoms with Gasteiger partial charge in [0.15, 0.2) is 6.23 Å². The van der Waals surface area contributed by atoms with Gasteiger partial charge in [-0.2, -0.15) is 5.26 Å². The Balaban J connectivity index is 1.09. The second-order valence-electron chi connectivity index (χ2n) is 10.4. The normalized spacial score (nSPS) is 18.8. The third kappa shape index (κ3) is 5.41. The van der Waals surface area contributed by atoms with E-state index in [1.807, 2.05) is 34.9 Å². The number of fused-ring (bicyclic) bond motifs is 2. The summed E-state index contributed by atoms with van der Waals surface area (Å²) in [6.07, 6.45) is 4.45. The number of imidazole rings is 1. The number of nitrogens with two attached hydrogens (primary N) is 1. The number of halogens is 1. The number of aryl methyl sites for hydroxylation is 1. The number of benzene rings is 3. The largest absolute Gasteiger partial charge is 0.489 e. The molecule has 0 saturated carbocycles. The van der Waals surface area contributed by atoms with Crippen LogP contribution in [0.5, 0.6) is 5.75 Å². The van der Waals surface area contributed by atoms with Crippen LogP contribution >= 0.6 is 0 Å². The average Bonchev–Trinajstić information content (AvgIpc) is 3.35. The molecule has 2 N–H and O–H groups in total. The summed E-state index contributed by atoms with van der Waals surface area (Å²) in [4.78, 5) is 17.5. The standard InChI is InChI=1S/C31H29FN4O4/c32-27-11-19(15-33)1-2-23(27)17-39-25-7-5-20-3-4-21(12-24(20)13-25)30(34)40-31(37)22-6-8-28-29(14-22)36(18-35-28)16-26-9-10-38-26/h1-2,5-8,11,13-14,18,21,26,30H,3-4,9-10,12,16-17,34H2/t21?,26-,30?/m0/s1. The molecule has 9 heteroatoms. The molecule has 0 spiro atoms. The first-order chi connectivity index (χ1) is 19.5. The lowest BCUT2D eigenvalue weighted by Gasteiger charge is -2.29. The van der Waals surface area contributed by atoms with Gasteiger partial charge in [0.25, 0.3) is 0 Å². The zero-order valence-corrected chi connectivity index (χ0v) is 21.9. The predicted molar refractivity (Wildman–Crippen MR) is 145 cm³/mol. The molecule has 0 amide bonds. The Morgan fingerprint density at radius 3 is 2.83 bits per heavy atom. The lowest BCUT2D eigenvalue weighted by molar-refractivity contribution is -0.0586. The minimum atomic E-state index is -0.762. The third-order valence-electron chi connectivity index (χ3n) is 7.78. The van der Waals surface area contributed by atoms with Crippen LogP contribution in [0.3, 0.4) is 0 Å². The van der Waals surface area contributed by atoms with E-state index in [0.717, 1.165) is 42.5 Å². The van der Waals surface area contributed by atoms with Crippen LogP contribution in [-0.4, -0.2) is 34.5 Å². The molecule has 6 rings (SSSR count). The van der Waals surface area contributed by atoms with Crippen LogP contribution in [0.1, 0.15) is 45.5 Å². The molecule has 1 fully saturated rings. The maximum atomic E-state index is 14.2. The number of nitriles is 1. The lowest BCUT2D eigenvalue weighted by atomic mass is 9.83. The molecule has 8 nitrogen and oxygen atoms in total. The topological polar surface area (TPSA) is 112 Å². The van der Waals surface area contributed by atoms with E-state index >= 15 is 0 Å². The zero-order valence-electron chi connectivity index (χ0n) is 21.9. The highest BCUT2D eigenvalue weighted by Crippen LogP contribution is 2.31. The Hall–Kier alpha value is -4.26. The van der Waals surface area contributed by atoms with Crippen molar-refractivity contribution in [2.24, 2.45) is 11.7 Å². The summed E-state index contributed by atoms with van der Waals surface area (Å²) in [7, 11) is 0. The Labute approximate surface area is 231 Å². The SMILES string of the molecule is N#Cc1ccc(COc2ccc3c(c2)CC(C(N)OC(=O)c2ccc4ncn(C[C@@H]5CCO5)c4c2)CC3)c(F)c1. The number of aromatic nitrogens is 2. The maximum Gasteiger partial charge on any atom is 0.339 e. The highest BCUT2D eigenvalue weighted by Gasteiger charge is 2.28. The molecule has 4 aromatic rings. The number of carbonyl (C=O) groups is 1. The Morgan fingerprint density at radius 2 is 2.05 bits per heavy atom. The van der Waals surface area contributed by atoms with E-state index in [1.165, 1.54) is 11.6 Å². The van der Waals surface area contributed by atoms with Gasteiger partial charge < -0.3 is 18.8 Å². The van der Waals surface area contributed by atoms with Crippen LogP contribution in [-0.2, 0) is 35.5 Å². The van der Waals surface area contributed by atoms with Gasteiger partial charge in [-0.3, -0.25) is 5.73 Å². The summed E-state index contributed by atoms with van der Waals surface area (Å²) < 4.78 is 33.3. The highest BCUT2D eigenvalue weighted by atomic mass is 19.1. The van der Waals surface area contributed by atoms with Crippen LogP contribution in [0.25, 0.3) is 11.0 Å². The molecule has 40 heavy (non-hydrogen) atoms. The summed E-state index contributed by atoms with van der Waals surface area (Å²) >= 11 is 0. The monoisotopic (exact) mass is 540 g/mol. The van der Waals surface area contributed by atoms with Gasteiger partial charge in [-0.1, -0.05) is 12.1 Å². The Morgan fingerprint density at radius 1 is 1.18 bits per heavy atom. The molecule has 1 saturated heterocycles. The van der Waals surface area contributed by atoms with Crippen LogP contribution < -0.4 is 10.5 Å². The fourth-order valence-corrected chi connectivity index (χ4v) is 5.29. The van der Waals surface area contributed by atoms with Crippen molar-refractivity contribution in [2.45, 2.75) is 51.2 Å². The fourth-order valence-electron chi connectivity index (χ4n) is 5.29. The van der Waals surface area contributed by atoms with E-state index < -0.39 is 18.0 Å². The number of carbonyl (C=O) groups excluding carboxylic acids is 1. The molecule has 2 aliphatic rings. The summed E-state index contributed by atoms with van der Waals surface area (Å²) in [5, 5.41) is 8.92. The molecule has 3 atom stereocenters. The quantitative estimate of drug-likeness (QED) is 0.255. The number of rotatable bonds is 8. The van der Waals surface area contributed by atoms with E-state index in [0.29, 0.717) is 29.8 Å². The summed E-state index contributed by atoms with van der Waals surface area (Å²) in [5.41, 5.74) is 11.4. The molecule has 0 radical (unpaired) electrons. The molecule has 1 aliphatic heterocycles. The lowest BCUT2D eigenvalue weighted by Crippen LogP contribution is -2.38. The van der Waals surface area contributed by atoms with E-state index in [2.05, 4.69) is 4.98 Å². The minimum absolute atomic E-state index is 0.0484. The van der Waals surface area contributed by atoms with E-state index in [4.69, 9.17) is 25.2 Å². The summed E-state index contributed by atoms with van der Waals surface area (Å²) in [6, 6.07) is 17.4. The second-order valence-corrected chi connectivity index (χ2v) is 10.4. The van der Waals surface area contributed by atoms with Crippen molar-refractivity contribution >= 4 is 17.0 Å². The molecule has 1 aliphatic carbocycles. The van der Waals surface area contributed by atoms with Crippen molar-refractivity contribution in [1.29, 1.82) is 5.26 Å². The average molecular weight is 541 g/mol. The van der Waals surface area contributed by atoms with Crippen molar-refractivity contribution in [1.82, 2.24) is 9.55 Å². The van der Waals surface area contributed by atoms with Gasteiger partial charge in [0.2, 0.25) is 0 Å². The van der Waals surface area contributed by atoms with Crippen molar-refractivity contribution in [2.75, 3.05) is 6.61 Å². The van der Waals surface area contributed by atoms with Crippen LogP contribution in [0.4, 0.5) is 4.39 Å². The molecule has 0 bridgehead atoms. The minimum Gasteiger partial charge on any atom is -0.489 e. The van der Waals surface area contributed by atoms with Gasteiger partial charge in [-0.25, -0.2) is 14.2 Å². The number of hydrogen-bond acceptors (Lipinski definition) is 7. The van der Waals surface area contributed by atoms with Crippen LogP contribution in [0, 0.1) is 23.1 Å². The van der Waals surface area contributed by atoms with Crippen LogP contribution in [0.15, 0.2) is 60.9 Å². The number of esters is 1. The van der Waals surface area contributed by atoms with Gasteiger partial charge in [-0.05, 0) is 79.3 Å². The highest BCUT2D eigenvalue weighted by molar-refractivity contribution is 5.93. The molecule has 2 heterocycles. The van der Waals surface area contributed by atoms with E-state index in [9.17, 15) is 9.18 Å². The number of nitrogens with zero attached hydrogens (tertiary/aromatic N) is 3. The third-order valence-corrected chi connectivity index (χ3v) is 7.78. The summed E-state index contributed by atoms with van der Waals surface area (Å²) in [5.74, 6) is -0.367. The molecule has 2 unspecified atom stereocenters. The second kappa shape index (κ2) is 11.1. The molecule has 1 aromatic heterocycles. The number of hydrogen-bond donors (Lipinski definition) is 1. The Bertz CT molecular complexity index is 1610. The van der Waals surface area contributed by atoms with Crippen molar-refractivity contribution in [3.05, 3.63) is 94.6 Å². The smallest absolute Gasteiger partial charge is 0.339 e. The fraction of sp³-hybridized carbons (Fsp3) is 0.323. The first kappa shape index (κ1) is 26.0. The molecule has 3 aromatic carbocycles. The first-order valence-electron chi connectivity index (χ1n) is 13.4. The van der Waals surface area contributed by atoms with Gasteiger partial charge in [-0.15, -0.1) is 0 Å². The van der Waals surface area contributed by atoms with E-state index in [-0.39, 0.29) is 24.2 Å². The van der Waals surface area contributed by atoms with Crippen LogP contribution in [0.2, 0.25) is 0 Å². The zero-order chi connectivity index (χ0) is 27.6. The predicted octanol–water partition coefficient (Wildman–Crippen LogP) is 4.66. The maximum absolute atomic E-state index is 14.2. The van der Waals surface area contributed by atoms with Crippen molar-refractivity contribution in [3.8, 4) is 11.8 Å².